The van der Waals surface area contributed by atoms with Crippen molar-refractivity contribution in [3.8, 4) is 0 Å². The molecule has 1 N–H and O–H groups in total. The van der Waals surface area contributed by atoms with Crippen molar-refractivity contribution in [2.75, 3.05) is 32.7 Å². The number of amides is 1. The molecule has 0 unspecified atom stereocenters. The van der Waals surface area contributed by atoms with Gasteiger partial charge in [0.1, 0.15) is 0 Å². The van der Waals surface area contributed by atoms with E-state index >= 15 is 0 Å². The molecular weight excluding hydrogens is 422 g/mol. The summed E-state index contributed by atoms with van der Waals surface area (Å²) < 4.78 is 2.19. The van der Waals surface area contributed by atoms with E-state index in [2.05, 4.69) is 49.3 Å². The number of para-hydroxylation sites is 1. The van der Waals surface area contributed by atoms with Crippen molar-refractivity contribution in [2.24, 2.45) is 5.10 Å². The number of carbonyl (C=O) groups is 1. The quantitative estimate of drug-likeness (QED) is 0.462. The van der Waals surface area contributed by atoms with E-state index < -0.39 is 0 Å². The Morgan fingerprint density at radius 2 is 2.06 bits per heavy atom. The monoisotopic (exact) mass is 449 g/mol. The van der Waals surface area contributed by atoms with Crippen LogP contribution in [-0.4, -0.2) is 65.3 Å². The molecule has 2 aliphatic heterocycles. The number of rotatable bonds is 6. The largest absolute Gasteiger partial charge is 0.342 e. The van der Waals surface area contributed by atoms with E-state index in [0.717, 1.165) is 46.7 Å². The molecule has 0 radical (unpaired) electrons. The fourth-order valence-corrected chi connectivity index (χ4v) is 5.17. The molecule has 6 nitrogen and oxygen atoms in total. The maximum atomic E-state index is 12.4. The van der Waals surface area contributed by atoms with Crippen molar-refractivity contribution < 1.29 is 4.79 Å². The molecule has 2 aromatic carbocycles. The number of halogens is 1. The summed E-state index contributed by atoms with van der Waals surface area (Å²) >= 11 is 6.15. The third-order valence-corrected chi connectivity index (χ3v) is 6.73. The molecule has 1 amide bonds. The molecule has 7 heteroatoms. The number of carbonyl (C=O) groups excluding carboxylic acids is 1. The van der Waals surface area contributed by atoms with Crippen molar-refractivity contribution in [3.05, 3.63) is 70.9 Å². The number of fused-ring (bicyclic) bond motifs is 2. The van der Waals surface area contributed by atoms with Gasteiger partial charge in [-0.1, -0.05) is 41.9 Å². The fourth-order valence-electron chi connectivity index (χ4n) is 4.95. The van der Waals surface area contributed by atoms with Crippen molar-refractivity contribution >= 4 is 34.6 Å². The smallest absolute Gasteiger partial charge is 0.254 e. The summed E-state index contributed by atoms with van der Waals surface area (Å²) in [6, 6.07) is 16.7. The van der Waals surface area contributed by atoms with Crippen LogP contribution in [0.5, 0.6) is 0 Å². The van der Waals surface area contributed by atoms with Gasteiger partial charge in [0.2, 0.25) is 0 Å². The molecular formula is C25H28ClN5O. The first-order valence-corrected chi connectivity index (χ1v) is 11.6. The predicted octanol–water partition coefficient (Wildman–Crippen LogP) is 3.57. The number of piperazine rings is 1. The zero-order valence-electron chi connectivity index (χ0n) is 18.1. The standard InChI is InChI=1S/C25H28ClN5O/c26-21-6-3-5-19(13-21)15-31-16-20(23-8-1-2-9-24(23)31)14-27-28-25(32)18-29-11-12-30-10-4-7-22(30)17-29/h1-3,5-6,8-9,13-14,16,22H,4,7,10-12,15,17-18H2,(H,28,32)/b27-14-/t22-/m1/s1. The van der Waals surface area contributed by atoms with Gasteiger partial charge in [-0.05, 0) is 43.1 Å². The molecule has 0 spiro atoms. The average Bonchev–Trinajstić information content (AvgIpc) is 3.39. The maximum Gasteiger partial charge on any atom is 0.254 e. The number of benzene rings is 2. The first-order chi connectivity index (χ1) is 15.7. The molecule has 3 aromatic rings. The Bertz CT molecular complexity index is 1140. The van der Waals surface area contributed by atoms with Gasteiger partial charge in [0.25, 0.3) is 5.91 Å². The predicted molar refractivity (Wildman–Crippen MR) is 129 cm³/mol. The molecule has 0 bridgehead atoms. The Morgan fingerprint density at radius 1 is 1.16 bits per heavy atom. The van der Waals surface area contributed by atoms with Crippen molar-refractivity contribution in [1.82, 2.24) is 19.8 Å². The summed E-state index contributed by atoms with van der Waals surface area (Å²) in [4.78, 5) is 17.2. The minimum absolute atomic E-state index is 0.0598. The molecule has 3 heterocycles. The van der Waals surface area contributed by atoms with E-state index in [1.54, 1.807) is 6.21 Å². The minimum atomic E-state index is -0.0598. The van der Waals surface area contributed by atoms with Crippen LogP contribution in [-0.2, 0) is 11.3 Å². The van der Waals surface area contributed by atoms with Crippen LogP contribution in [0.15, 0.2) is 59.8 Å². The lowest BCUT2D eigenvalue weighted by Crippen LogP contribution is -2.52. The lowest BCUT2D eigenvalue weighted by Gasteiger charge is -2.36. The first-order valence-electron chi connectivity index (χ1n) is 11.3. The minimum Gasteiger partial charge on any atom is -0.342 e. The molecule has 2 aliphatic rings. The van der Waals surface area contributed by atoms with Gasteiger partial charge >= 0.3 is 0 Å². The number of hydrazone groups is 1. The van der Waals surface area contributed by atoms with Crippen LogP contribution in [0, 0.1) is 0 Å². The number of hydrogen-bond acceptors (Lipinski definition) is 4. The molecule has 1 aromatic heterocycles. The SMILES string of the molecule is O=C(CN1CCN2CCC[C@@H]2C1)N/N=C\c1cn(Cc2cccc(Cl)c2)c2ccccc12. The maximum absolute atomic E-state index is 12.4. The van der Waals surface area contributed by atoms with Crippen LogP contribution in [0.3, 0.4) is 0 Å². The lowest BCUT2D eigenvalue weighted by atomic mass is 10.1. The van der Waals surface area contributed by atoms with Crippen LogP contribution < -0.4 is 5.43 Å². The van der Waals surface area contributed by atoms with Crippen LogP contribution >= 0.6 is 11.6 Å². The van der Waals surface area contributed by atoms with Crippen LogP contribution in [0.25, 0.3) is 10.9 Å². The van der Waals surface area contributed by atoms with Gasteiger partial charge in [0, 0.05) is 59.9 Å². The van der Waals surface area contributed by atoms with E-state index in [-0.39, 0.29) is 5.91 Å². The highest BCUT2D eigenvalue weighted by atomic mass is 35.5. The second kappa shape index (κ2) is 9.45. The molecule has 32 heavy (non-hydrogen) atoms. The van der Waals surface area contributed by atoms with Crippen LogP contribution in [0.4, 0.5) is 0 Å². The Hall–Kier alpha value is -2.67. The second-order valence-electron chi connectivity index (χ2n) is 8.72. The highest BCUT2D eigenvalue weighted by Gasteiger charge is 2.30. The molecule has 2 fully saturated rings. The summed E-state index contributed by atoms with van der Waals surface area (Å²) in [7, 11) is 0. The van der Waals surface area contributed by atoms with Crippen LogP contribution in [0.1, 0.15) is 24.0 Å². The van der Waals surface area contributed by atoms with Crippen LogP contribution in [0.2, 0.25) is 5.02 Å². The number of nitrogens with one attached hydrogen (secondary N) is 1. The number of hydrogen-bond donors (Lipinski definition) is 1. The Kier molecular flexibility index (Phi) is 6.26. The summed E-state index contributed by atoms with van der Waals surface area (Å²) in [5.41, 5.74) is 5.95. The highest BCUT2D eigenvalue weighted by Crippen LogP contribution is 2.23. The highest BCUT2D eigenvalue weighted by molar-refractivity contribution is 6.30. The zero-order valence-corrected chi connectivity index (χ0v) is 18.8. The summed E-state index contributed by atoms with van der Waals surface area (Å²) in [5.74, 6) is -0.0598. The molecule has 0 aliphatic carbocycles. The second-order valence-corrected chi connectivity index (χ2v) is 9.16. The molecule has 166 valence electrons. The van der Waals surface area contributed by atoms with Gasteiger partial charge in [-0.25, -0.2) is 5.43 Å². The van der Waals surface area contributed by atoms with Gasteiger partial charge in [0.15, 0.2) is 0 Å². The molecule has 5 rings (SSSR count). The first kappa shape index (κ1) is 21.2. The van der Waals surface area contributed by atoms with E-state index in [1.165, 1.54) is 19.4 Å². The van der Waals surface area contributed by atoms with Crippen molar-refractivity contribution in [3.63, 3.8) is 0 Å². The summed E-state index contributed by atoms with van der Waals surface area (Å²) in [6.45, 7) is 5.32. The van der Waals surface area contributed by atoms with Gasteiger partial charge in [-0.2, -0.15) is 5.10 Å². The number of aromatic nitrogens is 1. The molecule has 2 saturated heterocycles. The Balaban J connectivity index is 1.24. The molecule has 0 saturated carbocycles. The van der Waals surface area contributed by atoms with Crippen molar-refractivity contribution in [2.45, 2.75) is 25.4 Å². The lowest BCUT2D eigenvalue weighted by molar-refractivity contribution is -0.122. The summed E-state index contributed by atoms with van der Waals surface area (Å²) in [5, 5.41) is 6.10. The van der Waals surface area contributed by atoms with E-state index in [9.17, 15) is 4.79 Å². The third kappa shape index (κ3) is 4.72. The Morgan fingerprint density at radius 3 is 2.97 bits per heavy atom. The normalized spacial score (nSPS) is 19.6. The molecule has 1 atom stereocenters. The zero-order chi connectivity index (χ0) is 21.9. The topological polar surface area (TPSA) is 52.9 Å². The third-order valence-electron chi connectivity index (χ3n) is 6.49. The van der Waals surface area contributed by atoms with Crippen molar-refractivity contribution in [1.29, 1.82) is 0 Å². The average molecular weight is 450 g/mol. The van der Waals surface area contributed by atoms with E-state index in [0.29, 0.717) is 19.1 Å². The van der Waals surface area contributed by atoms with E-state index in [1.807, 2.05) is 30.3 Å². The Labute approximate surface area is 193 Å². The van der Waals surface area contributed by atoms with Gasteiger partial charge in [-0.15, -0.1) is 0 Å². The fraction of sp³-hybridized carbons (Fsp3) is 0.360. The van der Waals surface area contributed by atoms with Gasteiger partial charge in [0.05, 0.1) is 12.8 Å². The van der Waals surface area contributed by atoms with Gasteiger partial charge in [-0.3, -0.25) is 14.6 Å². The van der Waals surface area contributed by atoms with E-state index in [4.69, 9.17) is 11.6 Å². The number of nitrogens with zero attached hydrogens (tertiary/aromatic N) is 4. The van der Waals surface area contributed by atoms with Gasteiger partial charge < -0.3 is 4.57 Å². The summed E-state index contributed by atoms with van der Waals surface area (Å²) in [6.07, 6.45) is 6.33.